The number of benzene rings is 1. The van der Waals surface area contributed by atoms with Gasteiger partial charge in [-0.2, -0.15) is 5.10 Å². The Hall–Kier alpha value is -2.01. The lowest BCUT2D eigenvalue weighted by atomic mass is 10.1. The van der Waals surface area contributed by atoms with Crippen LogP contribution >= 0.6 is 11.6 Å². The number of anilines is 1. The largest absolute Gasteiger partial charge is 0.487 e. The molecule has 3 rings (SSSR count). The lowest BCUT2D eigenvalue weighted by molar-refractivity contribution is -0.118. The molecule has 0 radical (unpaired) electrons. The summed E-state index contributed by atoms with van der Waals surface area (Å²) in [6, 6.07) is 5.34. The molecule has 0 N–H and O–H groups in total. The first-order valence-corrected chi connectivity index (χ1v) is 7.15. The number of nitrogens with zero attached hydrogens (tertiary/aromatic N) is 3. The minimum absolute atomic E-state index is 0.0154. The van der Waals surface area contributed by atoms with E-state index < -0.39 is 0 Å². The number of amides is 1. The van der Waals surface area contributed by atoms with Crippen molar-refractivity contribution < 1.29 is 9.53 Å². The van der Waals surface area contributed by atoms with Gasteiger partial charge in [0.1, 0.15) is 11.9 Å². The molecule has 5 nitrogen and oxygen atoms in total. The molecule has 2 aromatic rings. The third-order valence-electron chi connectivity index (χ3n) is 3.39. The molecule has 1 aromatic heterocycles. The second-order valence-electron chi connectivity index (χ2n) is 5.24. The van der Waals surface area contributed by atoms with Gasteiger partial charge in [-0.3, -0.25) is 9.48 Å². The molecule has 0 aliphatic carbocycles. The van der Waals surface area contributed by atoms with Crippen molar-refractivity contribution in [2.45, 2.75) is 19.4 Å². The van der Waals surface area contributed by atoms with Crippen LogP contribution in [0.3, 0.4) is 0 Å². The smallest absolute Gasteiger partial charge is 0.231 e. The van der Waals surface area contributed by atoms with Gasteiger partial charge >= 0.3 is 0 Å². The predicted molar refractivity (Wildman–Crippen MR) is 80.8 cm³/mol. The van der Waals surface area contributed by atoms with Crippen molar-refractivity contribution >= 4 is 23.2 Å². The standard InChI is InChI=1S/C15H16ClN3O2/c1-10-8-19(13-6-12(16)3-4-14(13)21-10)15(20)5-11-7-17-18(2)9-11/h3-4,6-7,9-10H,5,8H2,1-2H3/t10-/m1/s1. The van der Waals surface area contributed by atoms with Crippen molar-refractivity contribution in [3.63, 3.8) is 0 Å². The van der Waals surface area contributed by atoms with Crippen molar-refractivity contribution in [1.82, 2.24) is 9.78 Å². The number of aromatic nitrogens is 2. The van der Waals surface area contributed by atoms with Crippen LogP contribution in [0.15, 0.2) is 30.6 Å². The summed E-state index contributed by atoms with van der Waals surface area (Å²) in [5.41, 5.74) is 1.62. The van der Waals surface area contributed by atoms with E-state index >= 15 is 0 Å². The van der Waals surface area contributed by atoms with Gasteiger partial charge < -0.3 is 9.64 Å². The zero-order valence-electron chi connectivity index (χ0n) is 11.9. The number of hydrogen-bond acceptors (Lipinski definition) is 3. The van der Waals surface area contributed by atoms with E-state index in [0.29, 0.717) is 23.7 Å². The molecule has 1 aliphatic rings. The Balaban J connectivity index is 1.88. The summed E-state index contributed by atoms with van der Waals surface area (Å²) < 4.78 is 7.44. The fourth-order valence-electron chi connectivity index (χ4n) is 2.48. The van der Waals surface area contributed by atoms with Crippen molar-refractivity contribution in [2.75, 3.05) is 11.4 Å². The Morgan fingerprint density at radius 3 is 3.05 bits per heavy atom. The van der Waals surface area contributed by atoms with E-state index in [1.165, 1.54) is 0 Å². The molecule has 0 bridgehead atoms. The first-order chi connectivity index (χ1) is 10.0. The third kappa shape index (κ3) is 2.88. The van der Waals surface area contributed by atoms with Gasteiger partial charge in [0, 0.05) is 18.3 Å². The maximum absolute atomic E-state index is 12.6. The number of hydrogen-bond donors (Lipinski definition) is 0. The summed E-state index contributed by atoms with van der Waals surface area (Å²) in [7, 11) is 1.83. The van der Waals surface area contributed by atoms with Gasteiger partial charge in [-0.05, 0) is 30.7 Å². The maximum Gasteiger partial charge on any atom is 0.231 e. The second-order valence-corrected chi connectivity index (χ2v) is 5.68. The first kappa shape index (κ1) is 13.9. The number of rotatable bonds is 2. The minimum atomic E-state index is -0.0449. The molecule has 110 valence electrons. The lowest BCUT2D eigenvalue weighted by Gasteiger charge is -2.33. The van der Waals surface area contributed by atoms with Gasteiger partial charge in [0.25, 0.3) is 0 Å². The molecular formula is C15H16ClN3O2. The molecule has 0 unspecified atom stereocenters. The molecule has 0 fully saturated rings. The molecule has 6 heteroatoms. The average Bonchev–Trinajstić information content (AvgIpc) is 2.83. The number of carbonyl (C=O) groups excluding carboxylic acids is 1. The highest BCUT2D eigenvalue weighted by Crippen LogP contribution is 2.35. The van der Waals surface area contributed by atoms with E-state index in [-0.39, 0.29) is 12.0 Å². The molecule has 0 spiro atoms. The van der Waals surface area contributed by atoms with Crippen LogP contribution in [0.2, 0.25) is 5.02 Å². The fourth-order valence-corrected chi connectivity index (χ4v) is 2.65. The highest BCUT2D eigenvalue weighted by atomic mass is 35.5. The van der Waals surface area contributed by atoms with Crippen LogP contribution in [0.25, 0.3) is 0 Å². The number of fused-ring (bicyclic) bond motifs is 1. The van der Waals surface area contributed by atoms with Crippen LogP contribution in [0.5, 0.6) is 5.75 Å². The topological polar surface area (TPSA) is 47.4 Å². The van der Waals surface area contributed by atoms with E-state index in [1.807, 2.05) is 20.2 Å². The average molecular weight is 306 g/mol. The molecule has 1 aliphatic heterocycles. The molecule has 0 saturated heterocycles. The third-order valence-corrected chi connectivity index (χ3v) is 3.63. The zero-order chi connectivity index (χ0) is 15.0. The highest BCUT2D eigenvalue weighted by Gasteiger charge is 2.27. The molecule has 1 aromatic carbocycles. The monoisotopic (exact) mass is 305 g/mol. The summed E-state index contributed by atoms with van der Waals surface area (Å²) in [6.45, 7) is 2.47. The van der Waals surface area contributed by atoms with Crippen molar-refractivity contribution in [2.24, 2.45) is 7.05 Å². The second kappa shape index (κ2) is 5.41. The van der Waals surface area contributed by atoms with E-state index in [0.717, 1.165) is 11.3 Å². The molecule has 1 amide bonds. The highest BCUT2D eigenvalue weighted by molar-refractivity contribution is 6.31. The summed E-state index contributed by atoms with van der Waals surface area (Å²) >= 11 is 6.04. The van der Waals surface area contributed by atoms with Gasteiger partial charge in [0.15, 0.2) is 0 Å². The fraction of sp³-hybridized carbons (Fsp3) is 0.333. The van der Waals surface area contributed by atoms with Gasteiger partial charge in [-0.25, -0.2) is 0 Å². The summed E-state index contributed by atoms with van der Waals surface area (Å²) in [5.74, 6) is 0.708. The summed E-state index contributed by atoms with van der Waals surface area (Å²) in [6.07, 6.45) is 3.82. The Bertz CT molecular complexity index is 683. The van der Waals surface area contributed by atoms with Crippen LogP contribution in [-0.2, 0) is 18.3 Å². The van der Waals surface area contributed by atoms with E-state index in [2.05, 4.69) is 5.10 Å². The molecule has 0 saturated carbocycles. The summed E-state index contributed by atoms with van der Waals surface area (Å²) in [4.78, 5) is 14.3. The molecule has 21 heavy (non-hydrogen) atoms. The minimum Gasteiger partial charge on any atom is -0.487 e. The normalized spacial score (nSPS) is 17.3. The SMILES string of the molecule is C[C@@H]1CN(C(=O)Cc2cnn(C)c2)c2cc(Cl)ccc2O1. The van der Waals surface area contributed by atoms with E-state index in [9.17, 15) is 4.79 Å². The van der Waals surface area contributed by atoms with Crippen molar-refractivity contribution in [3.8, 4) is 5.75 Å². The first-order valence-electron chi connectivity index (χ1n) is 6.77. The number of ether oxygens (including phenoxy) is 1. The van der Waals surface area contributed by atoms with Crippen LogP contribution in [0.4, 0.5) is 5.69 Å². The van der Waals surface area contributed by atoms with Gasteiger partial charge in [-0.15, -0.1) is 0 Å². The van der Waals surface area contributed by atoms with Gasteiger partial charge in [0.2, 0.25) is 5.91 Å². The van der Waals surface area contributed by atoms with Crippen LogP contribution in [0.1, 0.15) is 12.5 Å². The van der Waals surface area contributed by atoms with Crippen LogP contribution in [-0.4, -0.2) is 28.3 Å². The molecule has 1 atom stereocenters. The Kier molecular flexibility index (Phi) is 3.59. The quantitative estimate of drug-likeness (QED) is 0.856. The Morgan fingerprint density at radius 2 is 2.33 bits per heavy atom. The molecule has 2 heterocycles. The Morgan fingerprint density at radius 1 is 1.52 bits per heavy atom. The van der Waals surface area contributed by atoms with E-state index in [4.69, 9.17) is 16.3 Å². The van der Waals surface area contributed by atoms with Crippen LogP contribution < -0.4 is 9.64 Å². The van der Waals surface area contributed by atoms with Gasteiger partial charge in [-0.1, -0.05) is 11.6 Å². The number of halogens is 1. The molecular weight excluding hydrogens is 290 g/mol. The van der Waals surface area contributed by atoms with Gasteiger partial charge in [0.05, 0.1) is 24.8 Å². The Labute approximate surface area is 128 Å². The van der Waals surface area contributed by atoms with Crippen LogP contribution in [0, 0.1) is 0 Å². The summed E-state index contributed by atoms with van der Waals surface area (Å²) in [5, 5.41) is 4.68. The number of carbonyl (C=O) groups is 1. The zero-order valence-corrected chi connectivity index (χ0v) is 12.7. The lowest BCUT2D eigenvalue weighted by Crippen LogP contribution is -2.43. The predicted octanol–water partition coefficient (Wildman–Crippen LogP) is 2.43. The van der Waals surface area contributed by atoms with Crippen molar-refractivity contribution in [1.29, 1.82) is 0 Å². The van der Waals surface area contributed by atoms with E-state index in [1.54, 1.807) is 34.0 Å². The maximum atomic E-state index is 12.6. The van der Waals surface area contributed by atoms with Crippen molar-refractivity contribution in [3.05, 3.63) is 41.2 Å². The number of aryl methyl sites for hydroxylation is 1.